The Balaban J connectivity index is 1.40. The summed E-state index contributed by atoms with van der Waals surface area (Å²) in [6.07, 6.45) is 4.12. The van der Waals surface area contributed by atoms with Crippen molar-refractivity contribution in [3.63, 3.8) is 0 Å². The van der Waals surface area contributed by atoms with Crippen molar-refractivity contribution in [3.05, 3.63) is 70.1 Å². The van der Waals surface area contributed by atoms with Crippen LogP contribution in [0.3, 0.4) is 0 Å². The number of thiocarbonyl (C=S) groups is 1. The molecule has 2 aliphatic rings. The Hall–Kier alpha value is -2.68. The van der Waals surface area contributed by atoms with Gasteiger partial charge in [-0.05, 0) is 49.1 Å². The van der Waals surface area contributed by atoms with Crippen LogP contribution >= 0.6 is 24.0 Å². The van der Waals surface area contributed by atoms with E-state index in [1.165, 1.54) is 17.3 Å². The topological polar surface area (TPSA) is 53.1 Å². The summed E-state index contributed by atoms with van der Waals surface area (Å²) in [7, 11) is 4.01. The molecule has 4 rings (SSSR count). The van der Waals surface area contributed by atoms with Gasteiger partial charge in [-0.1, -0.05) is 65.9 Å². The fourth-order valence-corrected chi connectivity index (χ4v) is 5.59. The predicted molar refractivity (Wildman–Crippen MR) is 151 cm³/mol. The molecule has 2 aromatic rings. The van der Waals surface area contributed by atoms with Gasteiger partial charge in [0.05, 0.1) is 11.0 Å². The molecule has 0 bridgehead atoms. The molecule has 2 aromatic carbocycles. The number of hydrogen-bond acceptors (Lipinski definition) is 6. The van der Waals surface area contributed by atoms with Crippen LogP contribution in [0.5, 0.6) is 0 Å². The first-order chi connectivity index (χ1) is 17.3. The summed E-state index contributed by atoms with van der Waals surface area (Å²) in [6.45, 7) is 4.11. The second-order valence-corrected chi connectivity index (χ2v) is 11.1. The Kier molecular flexibility index (Phi) is 8.82. The molecule has 2 fully saturated rings. The Labute approximate surface area is 223 Å². The standard InChI is InChI=1S/C28H33N3O3S2/c1-20-6-8-21(9-7-20)17-25-27(33)31(28(35)36-25)15-14-26(32)30(19-24-5-4-16-34-24)18-22-10-12-23(13-11-22)29(2)3/h6-13,17,24H,4-5,14-16,18-19H2,1-3H3/b25-17-. The zero-order chi connectivity index (χ0) is 25.7. The number of carbonyl (C=O) groups excluding carboxylic acids is 2. The zero-order valence-electron chi connectivity index (χ0n) is 21.1. The summed E-state index contributed by atoms with van der Waals surface area (Å²) in [6, 6.07) is 16.2. The van der Waals surface area contributed by atoms with Gasteiger partial charge in [-0.2, -0.15) is 0 Å². The van der Waals surface area contributed by atoms with Gasteiger partial charge in [-0.15, -0.1) is 0 Å². The minimum absolute atomic E-state index is 0.00116. The number of aryl methyl sites for hydroxylation is 1. The molecule has 6 nitrogen and oxygen atoms in total. The molecule has 2 aliphatic heterocycles. The summed E-state index contributed by atoms with van der Waals surface area (Å²) in [5.41, 5.74) is 4.31. The van der Waals surface area contributed by atoms with E-state index >= 15 is 0 Å². The molecule has 190 valence electrons. The first-order valence-electron chi connectivity index (χ1n) is 12.3. The molecule has 1 unspecified atom stereocenters. The minimum atomic E-state index is -0.136. The highest BCUT2D eigenvalue weighted by Gasteiger charge is 2.33. The number of thioether (sulfide) groups is 1. The van der Waals surface area contributed by atoms with Crippen molar-refractivity contribution < 1.29 is 14.3 Å². The highest BCUT2D eigenvalue weighted by Crippen LogP contribution is 2.32. The molecule has 2 heterocycles. The third-order valence-electron chi connectivity index (χ3n) is 6.42. The van der Waals surface area contributed by atoms with E-state index in [-0.39, 0.29) is 30.9 Å². The average Bonchev–Trinajstić information content (AvgIpc) is 3.46. The van der Waals surface area contributed by atoms with Crippen LogP contribution in [-0.4, -0.2) is 65.8 Å². The van der Waals surface area contributed by atoms with Crippen LogP contribution in [-0.2, 0) is 20.9 Å². The molecule has 0 aliphatic carbocycles. The summed E-state index contributed by atoms with van der Waals surface area (Å²) in [4.78, 5) is 32.4. The lowest BCUT2D eigenvalue weighted by atomic mass is 10.1. The molecule has 0 N–H and O–H groups in total. The number of amides is 2. The Morgan fingerprint density at radius 2 is 1.89 bits per heavy atom. The van der Waals surface area contributed by atoms with Crippen molar-refractivity contribution in [2.24, 2.45) is 0 Å². The fourth-order valence-electron chi connectivity index (χ4n) is 4.28. The van der Waals surface area contributed by atoms with Crippen LogP contribution in [0.1, 0.15) is 36.0 Å². The number of rotatable bonds is 9. The zero-order valence-corrected chi connectivity index (χ0v) is 22.7. The maximum absolute atomic E-state index is 13.3. The molecule has 0 saturated carbocycles. The van der Waals surface area contributed by atoms with Gasteiger partial charge in [0.2, 0.25) is 5.91 Å². The van der Waals surface area contributed by atoms with Crippen LogP contribution < -0.4 is 4.90 Å². The van der Waals surface area contributed by atoms with Crippen LogP contribution in [0.25, 0.3) is 6.08 Å². The molecule has 0 spiro atoms. The lowest BCUT2D eigenvalue weighted by Gasteiger charge is -2.27. The number of ether oxygens (including phenoxy) is 1. The monoisotopic (exact) mass is 523 g/mol. The van der Waals surface area contributed by atoms with E-state index in [4.69, 9.17) is 17.0 Å². The third kappa shape index (κ3) is 6.75. The largest absolute Gasteiger partial charge is 0.378 e. The molecular weight excluding hydrogens is 490 g/mol. The maximum atomic E-state index is 13.3. The summed E-state index contributed by atoms with van der Waals surface area (Å²) >= 11 is 6.77. The van der Waals surface area contributed by atoms with Crippen molar-refractivity contribution in [3.8, 4) is 0 Å². The van der Waals surface area contributed by atoms with Crippen molar-refractivity contribution in [1.82, 2.24) is 9.80 Å². The van der Waals surface area contributed by atoms with Gasteiger partial charge >= 0.3 is 0 Å². The minimum Gasteiger partial charge on any atom is -0.378 e. The van der Waals surface area contributed by atoms with Crippen LogP contribution in [0.4, 0.5) is 5.69 Å². The summed E-state index contributed by atoms with van der Waals surface area (Å²) in [5, 5.41) is 0. The summed E-state index contributed by atoms with van der Waals surface area (Å²) < 4.78 is 6.31. The number of carbonyl (C=O) groups is 2. The van der Waals surface area contributed by atoms with Crippen molar-refractivity contribution in [2.45, 2.75) is 38.8 Å². The van der Waals surface area contributed by atoms with Gasteiger partial charge in [0.25, 0.3) is 5.91 Å². The second kappa shape index (κ2) is 12.0. The Morgan fingerprint density at radius 3 is 2.53 bits per heavy atom. The fraction of sp³-hybridized carbons (Fsp3) is 0.393. The van der Waals surface area contributed by atoms with Crippen LogP contribution in [0.2, 0.25) is 0 Å². The predicted octanol–water partition coefficient (Wildman–Crippen LogP) is 4.86. The highest BCUT2D eigenvalue weighted by molar-refractivity contribution is 8.26. The van der Waals surface area contributed by atoms with E-state index in [9.17, 15) is 9.59 Å². The SMILES string of the molecule is Cc1ccc(/C=C2\SC(=S)N(CCC(=O)N(Cc3ccc(N(C)C)cc3)CC3CCCO3)C2=O)cc1. The van der Waals surface area contributed by atoms with E-state index < -0.39 is 0 Å². The smallest absolute Gasteiger partial charge is 0.266 e. The number of anilines is 1. The number of hydrogen-bond donors (Lipinski definition) is 0. The molecular formula is C28H33N3O3S2. The van der Waals surface area contributed by atoms with Crippen LogP contribution in [0, 0.1) is 6.92 Å². The quantitative estimate of drug-likeness (QED) is 0.346. The van der Waals surface area contributed by atoms with Gasteiger partial charge in [0.15, 0.2) is 0 Å². The van der Waals surface area contributed by atoms with Gasteiger partial charge in [0.1, 0.15) is 4.32 Å². The lowest BCUT2D eigenvalue weighted by Crippen LogP contribution is -2.39. The van der Waals surface area contributed by atoms with Gasteiger partial charge in [-0.25, -0.2) is 0 Å². The summed E-state index contributed by atoms with van der Waals surface area (Å²) in [5.74, 6) is -0.137. The molecule has 0 radical (unpaired) electrons. The van der Waals surface area contributed by atoms with E-state index in [0.29, 0.717) is 22.3 Å². The highest BCUT2D eigenvalue weighted by atomic mass is 32.2. The molecule has 1 atom stereocenters. The van der Waals surface area contributed by atoms with Crippen molar-refractivity contribution in [2.75, 3.05) is 38.7 Å². The van der Waals surface area contributed by atoms with Gasteiger partial charge in [0, 0.05) is 52.4 Å². The van der Waals surface area contributed by atoms with Gasteiger partial charge < -0.3 is 14.5 Å². The number of benzene rings is 2. The van der Waals surface area contributed by atoms with E-state index in [1.54, 1.807) is 4.90 Å². The van der Waals surface area contributed by atoms with E-state index in [1.807, 2.05) is 56.3 Å². The molecule has 2 amide bonds. The Morgan fingerprint density at radius 1 is 1.17 bits per heavy atom. The maximum Gasteiger partial charge on any atom is 0.266 e. The average molecular weight is 524 g/mol. The molecule has 2 saturated heterocycles. The first kappa shape index (κ1) is 26.4. The normalized spacial score (nSPS) is 18.8. The first-order valence-corrected chi connectivity index (χ1v) is 13.5. The Bertz CT molecular complexity index is 1120. The van der Waals surface area contributed by atoms with E-state index in [0.717, 1.165) is 36.3 Å². The van der Waals surface area contributed by atoms with Crippen LogP contribution in [0.15, 0.2) is 53.4 Å². The number of nitrogens with zero attached hydrogens (tertiary/aromatic N) is 3. The van der Waals surface area contributed by atoms with Gasteiger partial charge in [-0.3, -0.25) is 14.5 Å². The van der Waals surface area contributed by atoms with Crippen molar-refractivity contribution in [1.29, 1.82) is 0 Å². The third-order valence-corrected chi connectivity index (χ3v) is 7.80. The molecule has 8 heteroatoms. The van der Waals surface area contributed by atoms with E-state index in [2.05, 4.69) is 29.2 Å². The molecule has 36 heavy (non-hydrogen) atoms. The lowest BCUT2D eigenvalue weighted by molar-refractivity contribution is -0.134. The molecule has 0 aromatic heterocycles. The van der Waals surface area contributed by atoms with Crippen molar-refractivity contribution >= 4 is 51.9 Å². The second-order valence-electron chi connectivity index (χ2n) is 9.46.